The SMILES string of the molecule is C=CC(=O)Nc1ccc(OCC(CCC2CCCC2)N(C)CCN(C)C)c(Nc2nccc(-c3cn(C)c4ccccc34)n2)c1. The number of anilines is 3. The fourth-order valence-corrected chi connectivity index (χ4v) is 6.14. The first-order valence-electron chi connectivity index (χ1n) is 16.0. The Labute approximate surface area is 267 Å². The number of benzene rings is 2. The number of hydrogen-bond acceptors (Lipinski definition) is 7. The van der Waals surface area contributed by atoms with Crippen LogP contribution in [-0.2, 0) is 11.8 Å². The van der Waals surface area contributed by atoms with Gasteiger partial charge in [-0.3, -0.25) is 9.69 Å². The molecule has 1 atom stereocenters. The lowest BCUT2D eigenvalue weighted by Gasteiger charge is -2.30. The van der Waals surface area contributed by atoms with Crippen molar-refractivity contribution < 1.29 is 9.53 Å². The highest BCUT2D eigenvalue weighted by atomic mass is 16.5. The van der Waals surface area contributed by atoms with Crippen molar-refractivity contribution in [2.24, 2.45) is 13.0 Å². The molecule has 1 fully saturated rings. The molecule has 9 nitrogen and oxygen atoms in total. The smallest absolute Gasteiger partial charge is 0.247 e. The molecule has 2 aromatic carbocycles. The van der Waals surface area contributed by atoms with E-state index in [0.29, 0.717) is 29.7 Å². The van der Waals surface area contributed by atoms with E-state index in [0.717, 1.165) is 47.6 Å². The second kappa shape index (κ2) is 15.2. The first kappa shape index (κ1) is 32.2. The Bertz CT molecular complexity index is 1590. The lowest BCUT2D eigenvalue weighted by atomic mass is 9.98. The monoisotopic (exact) mass is 609 g/mol. The minimum atomic E-state index is -0.279. The van der Waals surface area contributed by atoms with Gasteiger partial charge in [-0.05, 0) is 76.3 Å². The standard InChI is InChI=1S/C36H47N7O2/c1-6-35(44)38-27-16-18-34(45-25-28(42(4)22-21-41(2)3)17-15-26-11-7-8-12-26)32(23-27)40-36-37-20-19-31(39-36)30-24-43(5)33-14-10-9-13-29(30)33/h6,9-10,13-14,16,18-20,23-24,26,28H,1,7-8,11-12,15,17,21-22,25H2,2-5H3,(H,38,44)(H,37,39,40). The van der Waals surface area contributed by atoms with Crippen molar-refractivity contribution >= 4 is 34.1 Å². The van der Waals surface area contributed by atoms with Crippen molar-refractivity contribution in [2.75, 3.05) is 51.5 Å². The van der Waals surface area contributed by atoms with Gasteiger partial charge in [-0.25, -0.2) is 9.97 Å². The molecule has 0 aliphatic heterocycles. The zero-order valence-electron chi connectivity index (χ0n) is 27.1. The number of aromatic nitrogens is 3. The minimum absolute atomic E-state index is 0.279. The third-order valence-electron chi connectivity index (χ3n) is 8.84. The van der Waals surface area contributed by atoms with Gasteiger partial charge in [-0.2, -0.15) is 0 Å². The van der Waals surface area contributed by atoms with Crippen molar-refractivity contribution in [3.63, 3.8) is 0 Å². The summed E-state index contributed by atoms with van der Waals surface area (Å²) in [6.45, 7) is 6.10. The molecule has 2 aromatic heterocycles. The number of rotatable bonds is 15. The van der Waals surface area contributed by atoms with E-state index in [1.54, 1.807) is 6.20 Å². The van der Waals surface area contributed by atoms with Crippen LogP contribution in [0.5, 0.6) is 5.75 Å². The first-order valence-corrected chi connectivity index (χ1v) is 16.0. The van der Waals surface area contributed by atoms with Crippen LogP contribution < -0.4 is 15.4 Å². The third kappa shape index (κ3) is 8.49. The van der Waals surface area contributed by atoms with E-state index < -0.39 is 0 Å². The number of para-hydroxylation sites is 1. The molecule has 0 spiro atoms. The number of likely N-dealkylation sites (N-methyl/N-ethyl adjacent to an activating group) is 2. The second-order valence-corrected chi connectivity index (χ2v) is 12.4. The number of ether oxygens (including phenoxy) is 1. The van der Waals surface area contributed by atoms with Crippen LogP contribution in [0, 0.1) is 5.92 Å². The van der Waals surface area contributed by atoms with E-state index in [-0.39, 0.29) is 11.9 Å². The Balaban J connectivity index is 1.39. The molecule has 0 radical (unpaired) electrons. The second-order valence-electron chi connectivity index (χ2n) is 12.4. The van der Waals surface area contributed by atoms with Gasteiger partial charge in [0.1, 0.15) is 12.4 Å². The highest BCUT2D eigenvalue weighted by molar-refractivity contribution is 5.99. The quantitative estimate of drug-likeness (QED) is 0.145. The Morgan fingerprint density at radius 2 is 1.93 bits per heavy atom. The number of carbonyl (C=O) groups is 1. The van der Waals surface area contributed by atoms with Crippen LogP contribution in [0.2, 0.25) is 0 Å². The van der Waals surface area contributed by atoms with E-state index in [1.165, 1.54) is 38.2 Å². The van der Waals surface area contributed by atoms with Crippen LogP contribution in [-0.4, -0.2) is 77.1 Å². The molecule has 9 heteroatoms. The molecule has 4 aromatic rings. The van der Waals surface area contributed by atoms with E-state index in [4.69, 9.17) is 9.72 Å². The summed E-state index contributed by atoms with van der Waals surface area (Å²) in [5.74, 6) is 1.67. The summed E-state index contributed by atoms with van der Waals surface area (Å²) in [4.78, 5) is 26.2. The van der Waals surface area contributed by atoms with Gasteiger partial charge in [-0.15, -0.1) is 0 Å². The molecule has 1 saturated carbocycles. The van der Waals surface area contributed by atoms with Crippen LogP contribution in [0.25, 0.3) is 22.2 Å². The fourth-order valence-electron chi connectivity index (χ4n) is 6.14. The molecule has 45 heavy (non-hydrogen) atoms. The molecule has 0 saturated heterocycles. The van der Waals surface area contributed by atoms with Crippen LogP contribution >= 0.6 is 0 Å². The summed E-state index contributed by atoms with van der Waals surface area (Å²) in [6, 6.07) is 16.1. The number of nitrogens with zero attached hydrogens (tertiary/aromatic N) is 5. The lowest BCUT2D eigenvalue weighted by Crippen LogP contribution is -2.40. The van der Waals surface area contributed by atoms with Gasteiger partial charge in [0, 0.05) is 60.7 Å². The van der Waals surface area contributed by atoms with Gasteiger partial charge in [0.05, 0.1) is 11.4 Å². The van der Waals surface area contributed by atoms with Gasteiger partial charge in [-0.1, -0.05) is 50.5 Å². The maximum absolute atomic E-state index is 12.1. The van der Waals surface area contributed by atoms with Crippen molar-refractivity contribution in [2.45, 2.75) is 44.6 Å². The van der Waals surface area contributed by atoms with Crippen molar-refractivity contribution in [3.05, 3.63) is 73.6 Å². The van der Waals surface area contributed by atoms with E-state index in [2.05, 4.69) is 76.0 Å². The topological polar surface area (TPSA) is 87.5 Å². The number of carbonyl (C=O) groups excluding carboxylic acids is 1. The predicted octanol–water partition coefficient (Wildman–Crippen LogP) is 6.71. The molecule has 2 heterocycles. The number of aryl methyl sites for hydroxylation is 1. The number of hydrogen-bond donors (Lipinski definition) is 2. The number of nitrogens with one attached hydrogen (secondary N) is 2. The fraction of sp³-hybridized carbons (Fsp3) is 0.417. The molecule has 2 N–H and O–H groups in total. The van der Waals surface area contributed by atoms with Crippen molar-refractivity contribution in [1.82, 2.24) is 24.3 Å². The van der Waals surface area contributed by atoms with Gasteiger partial charge in [0.2, 0.25) is 11.9 Å². The van der Waals surface area contributed by atoms with Crippen LogP contribution in [0.4, 0.5) is 17.3 Å². The van der Waals surface area contributed by atoms with E-state index >= 15 is 0 Å². The Kier molecular flexibility index (Phi) is 10.9. The summed E-state index contributed by atoms with van der Waals surface area (Å²) < 4.78 is 8.67. The average molecular weight is 610 g/mol. The first-order chi connectivity index (χ1) is 21.8. The minimum Gasteiger partial charge on any atom is -0.490 e. The Morgan fingerprint density at radius 3 is 2.71 bits per heavy atom. The highest BCUT2D eigenvalue weighted by Gasteiger charge is 2.22. The molecule has 0 bridgehead atoms. The van der Waals surface area contributed by atoms with Crippen LogP contribution in [0.3, 0.4) is 0 Å². The van der Waals surface area contributed by atoms with Gasteiger partial charge in [0.15, 0.2) is 0 Å². The van der Waals surface area contributed by atoms with Gasteiger partial charge < -0.3 is 24.8 Å². The largest absolute Gasteiger partial charge is 0.490 e. The lowest BCUT2D eigenvalue weighted by molar-refractivity contribution is -0.111. The highest BCUT2D eigenvalue weighted by Crippen LogP contribution is 2.34. The van der Waals surface area contributed by atoms with Gasteiger partial charge >= 0.3 is 0 Å². The van der Waals surface area contributed by atoms with E-state index in [1.807, 2.05) is 43.4 Å². The summed E-state index contributed by atoms with van der Waals surface area (Å²) in [6.07, 6.45) is 12.8. The van der Waals surface area contributed by atoms with Crippen molar-refractivity contribution in [1.29, 1.82) is 0 Å². The van der Waals surface area contributed by atoms with Crippen LogP contribution in [0.1, 0.15) is 38.5 Å². The molecule has 5 rings (SSSR count). The molecule has 1 amide bonds. The maximum atomic E-state index is 12.1. The van der Waals surface area contributed by atoms with Crippen LogP contribution in [0.15, 0.2) is 73.6 Å². The summed E-state index contributed by atoms with van der Waals surface area (Å²) in [7, 11) is 8.46. The zero-order valence-corrected chi connectivity index (χ0v) is 27.1. The Hall–Kier alpha value is -4.21. The molecular formula is C36H47N7O2. The molecule has 238 valence electrons. The summed E-state index contributed by atoms with van der Waals surface area (Å²) in [5.41, 5.74) is 4.29. The van der Waals surface area contributed by atoms with E-state index in [9.17, 15) is 4.79 Å². The number of fused-ring (bicyclic) bond motifs is 1. The molecule has 1 unspecified atom stereocenters. The summed E-state index contributed by atoms with van der Waals surface area (Å²) >= 11 is 0. The average Bonchev–Trinajstić information content (AvgIpc) is 3.69. The normalized spacial score (nSPS) is 14.3. The molecule has 1 aliphatic rings. The zero-order chi connectivity index (χ0) is 31.8. The number of amides is 1. The predicted molar refractivity (Wildman–Crippen MR) is 184 cm³/mol. The molecular weight excluding hydrogens is 562 g/mol. The molecule has 1 aliphatic carbocycles. The third-order valence-corrected chi connectivity index (χ3v) is 8.84. The van der Waals surface area contributed by atoms with Gasteiger partial charge in [0.25, 0.3) is 0 Å². The Morgan fingerprint density at radius 1 is 1.13 bits per heavy atom. The maximum Gasteiger partial charge on any atom is 0.247 e. The van der Waals surface area contributed by atoms with Crippen molar-refractivity contribution in [3.8, 4) is 17.0 Å². The summed E-state index contributed by atoms with van der Waals surface area (Å²) in [5, 5.41) is 7.38.